The Morgan fingerprint density at radius 1 is 1.37 bits per heavy atom. The van der Waals surface area contributed by atoms with Crippen LogP contribution in [0.2, 0.25) is 5.02 Å². The van der Waals surface area contributed by atoms with Gasteiger partial charge in [-0.15, -0.1) is 11.3 Å². The lowest BCUT2D eigenvalue weighted by molar-refractivity contribution is 0.678. The predicted molar refractivity (Wildman–Crippen MR) is 86.3 cm³/mol. The van der Waals surface area contributed by atoms with Gasteiger partial charge in [0.05, 0.1) is 11.7 Å². The molecule has 0 aliphatic heterocycles. The fourth-order valence-electron chi connectivity index (χ4n) is 1.85. The van der Waals surface area contributed by atoms with Crippen LogP contribution in [-0.4, -0.2) is 12.0 Å². The summed E-state index contributed by atoms with van der Waals surface area (Å²) in [4.78, 5) is 4.71. The second-order valence-corrected chi connectivity index (χ2v) is 6.87. The van der Waals surface area contributed by atoms with E-state index < -0.39 is 0 Å². The molecule has 1 heterocycles. The highest BCUT2D eigenvalue weighted by molar-refractivity contribution is 9.10. The van der Waals surface area contributed by atoms with Crippen LogP contribution in [0.25, 0.3) is 0 Å². The van der Waals surface area contributed by atoms with Gasteiger partial charge in [0.2, 0.25) is 0 Å². The van der Waals surface area contributed by atoms with Crippen LogP contribution in [-0.2, 0) is 0 Å². The van der Waals surface area contributed by atoms with Gasteiger partial charge in [0, 0.05) is 14.9 Å². The zero-order valence-electron chi connectivity index (χ0n) is 11.1. The molecule has 0 aliphatic rings. The molecule has 19 heavy (non-hydrogen) atoms. The zero-order chi connectivity index (χ0) is 14.0. The van der Waals surface area contributed by atoms with E-state index >= 15 is 0 Å². The van der Waals surface area contributed by atoms with Gasteiger partial charge in [-0.3, -0.25) is 0 Å². The van der Waals surface area contributed by atoms with Gasteiger partial charge in [0.1, 0.15) is 5.01 Å². The van der Waals surface area contributed by atoms with Crippen LogP contribution in [0.4, 0.5) is 0 Å². The molecule has 102 valence electrons. The van der Waals surface area contributed by atoms with E-state index in [9.17, 15) is 0 Å². The average molecular weight is 360 g/mol. The summed E-state index contributed by atoms with van der Waals surface area (Å²) in [6, 6.07) is 5.92. The Kier molecular flexibility index (Phi) is 5.01. The van der Waals surface area contributed by atoms with Crippen molar-refractivity contribution in [2.75, 3.05) is 7.05 Å². The molecule has 2 rings (SSSR count). The van der Waals surface area contributed by atoms with Gasteiger partial charge in [-0.05, 0) is 36.7 Å². The first kappa shape index (κ1) is 15.0. The number of halogens is 2. The van der Waals surface area contributed by atoms with Crippen molar-refractivity contribution in [2.24, 2.45) is 0 Å². The molecule has 0 amide bonds. The fourth-order valence-corrected chi connectivity index (χ4v) is 3.56. The Morgan fingerprint density at radius 2 is 2.11 bits per heavy atom. The maximum atomic E-state index is 6.30. The summed E-state index contributed by atoms with van der Waals surface area (Å²) in [5, 5.41) is 7.22. The van der Waals surface area contributed by atoms with Gasteiger partial charge < -0.3 is 5.32 Å². The standard InChI is InChI=1S/C14H16BrClN2S/c1-8(2)12-7-19-14(18-12)13(17-3)10-6-9(15)4-5-11(10)16/h4-8,13,17H,1-3H3. The van der Waals surface area contributed by atoms with Gasteiger partial charge >= 0.3 is 0 Å². The molecule has 0 fully saturated rings. The van der Waals surface area contributed by atoms with Crippen LogP contribution in [0.5, 0.6) is 0 Å². The van der Waals surface area contributed by atoms with E-state index in [1.807, 2.05) is 25.2 Å². The highest BCUT2D eigenvalue weighted by Crippen LogP contribution is 2.32. The number of hydrogen-bond donors (Lipinski definition) is 1. The molecule has 1 aromatic carbocycles. The van der Waals surface area contributed by atoms with Crippen molar-refractivity contribution in [3.05, 3.63) is 49.3 Å². The van der Waals surface area contributed by atoms with Gasteiger partial charge in [-0.25, -0.2) is 4.98 Å². The average Bonchev–Trinajstić information content (AvgIpc) is 2.84. The highest BCUT2D eigenvalue weighted by atomic mass is 79.9. The van der Waals surface area contributed by atoms with E-state index in [1.165, 1.54) is 0 Å². The normalized spacial score (nSPS) is 12.9. The lowest BCUT2D eigenvalue weighted by Crippen LogP contribution is -2.18. The largest absolute Gasteiger partial charge is 0.307 e. The number of nitrogens with zero attached hydrogens (tertiary/aromatic N) is 1. The number of rotatable bonds is 4. The van der Waals surface area contributed by atoms with E-state index in [0.717, 1.165) is 25.8 Å². The monoisotopic (exact) mass is 358 g/mol. The first-order valence-electron chi connectivity index (χ1n) is 6.10. The maximum absolute atomic E-state index is 6.30. The molecule has 1 N–H and O–H groups in total. The second-order valence-electron chi connectivity index (χ2n) is 4.65. The zero-order valence-corrected chi connectivity index (χ0v) is 14.2. The molecular formula is C14H16BrClN2S. The van der Waals surface area contributed by atoms with E-state index in [4.69, 9.17) is 16.6 Å². The lowest BCUT2D eigenvalue weighted by Gasteiger charge is -2.16. The minimum atomic E-state index is 0.0301. The molecule has 2 nitrogen and oxygen atoms in total. The van der Waals surface area contributed by atoms with Gasteiger partial charge in [0.15, 0.2) is 0 Å². The van der Waals surface area contributed by atoms with Crippen LogP contribution in [0.3, 0.4) is 0 Å². The van der Waals surface area contributed by atoms with Crippen molar-refractivity contribution in [1.82, 2.24) is 10.3 Å². The fraction of sp³-hybridized carbons (Fsp3) is 0.357. The number of aromatic nitrogens is 1. The number of thiazole rings is 1. The summed E-state index contributed by atoms with van der Waals surface area (Å²) in [5.41, 5.74) is 2.18. The molecule has 2 aromatic rings. The van der Waals surface area contributed by atoms with Gasteiger partial charge in [-0.2, -0.15) is 0 Å². The second kappa shape index (κ2) is 6.35. The molecule has 0 bridgehead atoms. The summed E-state index contributed by atoms with van der Waals surface area (Å²) in [5.74, 6) is 0.445. The third kappa shape index (κ3) is 3.37. The quantitative estimate of drug-likeness (QED) is 0.831. The Morgan fingerprint density at radius 3 is 2.68 bits per heavy atom. The van der Waals surface area contributed by atoms with Crippen LogP contribution in [0.15, 0.2) is 28.1 Å². The molecule has 0 saturated carbocycles. The van der Waals surface area contributed by atoms with Crippen molar-refractivity contribution in [2.45, 2.75) is 25.8 Å². The van der Waals surface area contributed by atoms with Crippen LogP contribution in [0, 0.1) is 0 Å². The summed E-state index contributed by atoms with van der Waals surface area (Å²) in [6.07, 6.45) is 0. The van der Waals surface area contributed by atoms with Crippen LogP contribution < -0.4 is 5.32 Å². The van der Waals surface area contributed by atoms with Crippen molar-refractivity contribution in [1.29, 1.82) is 0 Å². The van der Waals surface area contributed by atoms with Gasteiger partial charge in [-0.1, -0.05) is 41.4 Å². The summed E-state index contributed by atoms with van der Waals surface area (Å²) < 4.78 is 1.02. The SMILES string of the molecule is CNC(c1nc(C(C)C)cs1)c1cc(Br)ccc1Cl. The molecule has 0 aliphatic carbocycles. The molecule has 1 atom stereocenters. The third-order valence-electron chi connectivity index (χ3n) is 2.94. The lowest BCUT2D eigenvalue weighted by atomic mass is 10.1. The Balaban J connectivity index is 2.40. The summed E-state index contributed by atoms with van der Waals surface area (Å²) in [7, 11) is 1.93. The van der Waals surface area contributed by atoms with E-state index in [1.54, 1.807) is 11.3 Å². The minimum absolute atomic E-state index is 0.0301. The molecule has 0 radical (unpaired) electrons. The van der Waals surface area contributed by atoms with E-state index in [-0.39, 0.29) is 6.04 Å². The van der Waals surface area contributed by atoms with Crippen molar-refractivity contribution in [3.8, 4) is 0 Å². The maximum Gasteiger partial charge on any atom is 0.114 e. The Labute approximate surface area is 131 Å². The number of nitrogens with one attached hydrogen (secondary N) is 1. The summed E-state index contributed by atoms with van der Waals surface area (Å²) in [6.45, 7) is 4.30. The van der Waals surface area contributed by atoms with E-state index in [0.29, 0.717) is 5.92 Å². The third-order valence-corrected chi connectivity index (χ3v) is 4.70. The van der Waals surface area contributed by atoms with Crippen LogP contribution in [0.1, 0.15) is 42.1 Å². The van der Waals surface area contributed by atoms with Crippen molar-refractivity contribution >= 4 is 38.9 Å². The van der Waals surface area contributed by atoms with Gasteiger partial charge in [0.25, 0.3) is 0 Å². The van der Waals surface area contributed by atoms with Crippen LogP contribution >= 0.6 is 38.9 Å². The Bertz CT molecular complexity index is 568. The Hall–Kier alpha value is -0.420. The molecular weight excluding hydrogens is 344 g/mol. The molecule has 1 aromatic heterocycles. The first-order chi connectivity index (χ1) is 9.02. The summed E-state index contributed by atoms with van der Waals surface area (Å²) >= 11 is 11.5. The first-order valence-corrected chi connectivity index (χ1v) is 8.15. The minimum Gasteiger partial charge on any atom is -0.307 e. The number of hydrogen-bond acceptors (Lipinski definition) is 3. The molecule has 1 unspecified atom stereocenters. The predicted octanol–water partition coefficient (Wildman–Crippen LogP) is 4.99. The smallest absolute Gasteiger partial charge is 0.114 e. The topological polar surface area (TPSA) is 24.9 Å². The van der Waals surface area contributed by atoms with Crippen molar-refractivity contribution in [3.63, 3.8) is 0 Å². The van der Waals surface area contributed by atoms with E-state index in [2.05, 4.69) is 40.5 Å². The molecule has 5 heteroatoms. The number of benzene rings is 1. The molecule has 0 spiro atoms. The van der Waals surface area contributed by atoms with Crippen molar-refractivity contribution < 1.29 is 0 Å². The highest BCUT2D eigenvalue weighted by Gasteiger charge is 2.19. The molecule has 0 saturated heterocycles.